The first-order chi connectivity index (χ1) is 8.72. The predicted octanol–water partition coefficient (Wildman–Crippen LogP) is 2.90. The van der Waals surface area contributed by atoms with Crippen LogP contribution in [0.5, 0.6) is 0 Å². The number of nitrogens with one attached hydrogen (secondary N) is 1. The minimum Gasteiger partial charge on any atom is -0.350 e. The van der Waals surface area contributed by atoms with E-state index >= 15 is 0 Å². The molecule has 2 bridgehead atoms. The summed E-state index contributed by atoms with van der Waals surface area (Å²) < 4.78 is 0. The van der Waals surface area contributed by atoms with Gasteiger partial charge in [-0.15, -0.1) is 0 Å². The molecular weight excluding hydrogens is 248 g/mol. The van der Waals surface area contributed by atoms with Crippen LogP contribution in [0.15, 0.2) is 18.3 Å². The van der Waals surface area contributed by atoms with Crippen LogP contribution in [0.2, 0.25) is 5.02 Å². The molecular formula is C14H17ClN2O. The van der Waals surface area contributed by atoms with Gasteiger partial charge in [0.05, 0.1) is 0 Å². The molecule has 4 heteroatoms. The van der Waals surface area contributed by atoms with E-state index in [4.69, 9.17) is 11.6 Å². The average molecular weight is 265 g/mol. The Morgan fingerprint density at radius 2 is 2.33 bits per heavy atom. The van der Waals surface area contributed by atoms with Crippen LogP contribution < -0.4 is 5.32 Å². The van der Waals surface area contributed by atoms with Crippen LogP contribution >= 0.6 is 11.6 Å². The molecule has 3 atom stereocenters. The van der Waals surface area contributed by atoms with Crippen molar-refractivity contribution in [2.75, 3.05) is 6.54 Å². The Morgan fingerprint density at radius 3 is 3.00 bits per heavy atom. The molecule has 2 aliphatic rings. The number of hydrogen-bond acceptors (Lipinski definition) is 2. The molecule has 96 valence electrons. The van der Waals surface area contributed by atoms with Crippen molar-refractivity contribution in [1.29, 1.82) is 0 Å². The molecule has 0 saturated heterocycles. The maximum absolute atomic E-state index is 11.9. The lowest BCUT2D eigenvalue weighted by atomic mass is 9.89. The van der Waals surface area contributed by atoms with Gasteiger partial charge in [0, 0.05) is 17.8 Å². The average Bonchev–Trinajstić information content (AvgIpc) is 2.98. The lowest BCUT2D eigenvalue weighted by Gasteiger charge is -2.21. The Bertz CT molecular complexity index is 463. The van der Waals surface area contributed by atoms with E-state index in [2.05, 4.69) is 10.3 Å². The van der Waals surface area contributed by atoms with E-state index in [1.165, 1.54) is 25.7 Å². The first-order valence-electron chi connectivity index (χ1n) is 6.62. The number of carbonyl (C=O) groups excluding carboxylic acids is 1. The highest BCUT2D eigenvalue weighted by atomic mass is 35.5. The van der Waals surface area contributed by atoms with E-state index in [9.17, 15) is 4.79 Å². The Hall–Kier alpha value is -1.09. The highest BCUT2D eigenvalue weighted by Gasteiger charge is 2.39. The summed E-state index contributed by atoms with van der Waals surface area (Å²) in [5, 5.41) is 3.54. The van der Waals surface area contributed by atoms with E-state index in [1.807, 2.05) is 0 Å². The SMILES string of the molecule is O=C(NCC1CC2CCC1C2)c1cc(Cl)ccn1. The Morgan fingerprint density at radius 1 is 1.44 bits per heavy atom. The number of nitrogens with zero attached hydrogens (tertiary/aromatic N) is 1. The molecule has 1 aromatic rings. The molecule has 0 aromatic carbocycles. The van der Waals surface area contributed by atoms with Gasteiger partial charge in [0.1, 0.15) is 5.69 Å². The summed E-state index contributed by atoms with van der Waals surface area (Å²) in [6, 6.07) is 3.28. The van der Waals surface area contributed by atoms with Crippen molar-refractivity contribution in [3.63, 3.8) is 0 Å². The molecule has 2 saturated carbocycles. The quantitative estimate of drug-likeness (QED) is 0.912. The van der Waals surface area contributed by atoms with E-state index in [0.717, 1.165) is 18.4 Å². The summed E-state index contributed by atoms with van der Waals surface area (Å²) in [7, 11) is 0. The molecule has 0 radical (unpaired) electrons. The third-order valence-electron chi connectivity index (χ3n) is 4.36. The number of aromatic nitrogens is 1. The zero-order valence-corrected chi connectivity index (χ0v) is 11.0. The van der Waals surface area contributed by atoms with Gasteiger partial charge in [-0.1, -0.05) is 18.0 Å². The van der Waals surface area contributed by atoms with Gasteiger partial charge in [-0.05, 0) is 49.1 Å². The second-order valence-electron chi connectivity index (χ2n) is 5.50. The number of pyridine rings is 1. The van der Waals surface area contributed by atoms with Crippen LogP contribution in [-0.4, -0.2) is 17.4 Å². The van der Waals surface area contributed by atoms with Crippen molar-refractivity contribution in [2.45, 2.75) is 25.7 Å². The number of halogens is 1. The minimum atomic E-state index is -0.111. The predicted molar refractivity (Wildman–Crippen MR) is 70.5 cm³/mol. The third-order valence-corrected chi connectivity index (χ3v) is 4.60. The zero-order chi connectivity index (χ0) is 12.5. The Labute approximate surface area is 112 Å². The summed E-state index contributed by atoms with van der Waals surface area (Å²) >= 11 is 5.85. The van der Waals surface area contributed by atoms with Crippen molar-refractivity contribution in [2.24, 2.45) is 17.8 Å². The lowest BCUT2D eigenvalue weighted by molar-refractivity contribution is 0.0937. The second-order valence-corrected chi connectivity index (χ2v) is 5.94. The summed E-state index contributed by atoms with van der Waals surface area (Å²) in [4.78, 5) is 16.0. The van der Waals surface area contributed by atoms with Crippen molar-refractivity contribution in [3.05, 3.63) is 29.0 Å². The van der Waals surface area contributed by atoms with Gasteiger partial charge < -0.3 is 5.32 Å². The molecule has 3 nitrogen and oxygen atoms in total. The Kier molecular flexibility index (Phi) is 3.25. The topological polar surface area (TPSA) is 42.0 Å². The highest BCUT2D eigenvalue weighted by molar-refractivity contribution is 6.30. The van der Waals surface area contributed by atoms with Crippen LogP contribution in [0.3, 0.4) is 0 Å². The number of rotatable bonds is 3. The van der Waals surface area contributed by atoms with Gasteiger partial charge in [0.2, 0.25) is 0 Å². The van der Waals surface area contributed by atoms with E-state index in [-0.39, 0.29) is 5.91 Å². The van der Waals surface area contributed by atoms with Crippen molar-refractivity contribution in [1.82, 2.24) is 10.3 Å². The largest absolute Gasteiger partial charge is 0.350 e. The van der Waals surface area contributed by atoms with Crippen molar-refractivity contribution >= 4 is 17.5 Å². The molecule has 0 aliphatic heterocycles. The summed E-state index contributed by atoms with van der Waals surface area (Å²) in [6.07, 6.45) is 6.96. The number of fused-ring (bicyclic) bond motifs is 2. The van der Waals surface area contributed by atoms with Gasteiger partial charge >= 0.3 is 0 Å². The van der Waals surface area contributed by atoms with Crippen LogP contribution in [0.1, 0.15) is 36.2 Å². The summed E-state index contributed by atoms with van der Waals surface area (Å²) in [5.41, 5.74) is 0.408. The highest BCUT2D eigenvalue weighted by Crippen LogP contribution is 2.47. The zero-order valence-electron chi connectivity index (χ0n) is 10.2. The molecule has 1 N–H and O–H groups in total. The van der Waals surface area contributed by atoms with Gasteiger partial charge in [-0.3, -0.25) is 9.78 Å². The Balaban J connectivity index is 1.56. The van der Waals surface area contributed by atoms with Crippen molar-refractivity contribution in [3.8, 4) is 0 Å². The van der Waals surface area contributed by atoms with Crippen molar-refractivity contribution < 1.29 is 4.79 Å². The number of amides is 1. The molecule has 2 fully saturated rings. The van der Waals surface area contributed by atoms with Gasteiger partial charge in [0.15, 0.2) is 0 Å². The van der Waals surface area contributed by atoms with Gasteiger partial charge in [0.25, 0.3) is 5.91 Å². The fourth-order valence-corrected chi connectivity index (χ4v) is 3.63. The third kappa shape index (κ3) is 2.37. The molecule has 1 heterocycles. The summed E-state index contributed by atoms with van der Waals surface area (Å²) in [6.45, 7) is 0.786. The molecule has 0 spiro atoms. The standard InChI is InChI=1S/C14H17ClN2O/c15-12-3-4-16-13(7-12)14(18)17-8-11-6-9-1-2-10(11)5-9/h3-4,7,9-11H,1-2,5-6,8H2,(H,17,18). The maximum Gasteiger partial charge on any atom is 0.269 e. The van der Waals surface area contributed by atoms with Gasteiger partial charge in [-0.2, -0.15) is 0 Å². The lowest BCUT2D eigenvalue weighted by Crippen LogP contribution is -2.32. The first kappa shape index (κ1) is 12.0. The first-order valence-corrected chi connectivity index (χ1v) is 7.00. The summed E-state index contributed by atoms with van der Waals surface area (Å²) in [5.74, 6) is 2.32. The molecule has 3 unspecified atom stereocenters. The number of carbonyl (C=O) groups is 1. The normalized spacial score (nSPS) is 29.5. The molecule has 1 aromatic heterocycles. The van der Waals surface area contributed by atoms with E-state index in [1.54, 1.807) is 18.3 Å². The monoisotopic (exact) mass is 264 g/mol. The van der Waals surface area contributed by atoms with Crippen LogP contribution in [0, 0.1) is 17.8 Å². The molecule has 3 rings (SSSR count). The molecule has 18 heavy (non-hydrogen) atoms. The van der Waals surface area contributed by atoms with Crippen LogP contribution in [0.4, 0.5) is 0 Å². The van der Waals surface area contributed by atoms with E-state index in [0.29, 0.717) is 16.6 Å². The van der Waals surface area contributed by atoms with Gasteiger partial charge in [-0.25, -0.2) is 0 Å². The maximum atomic E-state index is 11.9. The molecule has 1 amide bonds. The van der Waals surface area contributed by atoms with Crippen LogP contribution in [0.25, 0.3) is 0 Å². The molecule has 2 aliphatic carbocycles. The minimum absolute atomic E-state index is 0.111. The van der Waals surface area contributed by atoms with E-state index < -0.39 is 0 Å². The second kappa shape index (κ2) is 4.88. The number of hydrogen-bond donors (Lipinski definition) is 1. The van der Waals surface area contributed by atoms with Crippen LogP contribution in [-0.2, 0) is 0 Å². The fourth-order valence-electron chi connectivity index (χ4n) is 3.47. The smallest absolute Gasteiger partial charge is 0.269 e. The fraction of sp³-hybridized carbons (Fsp3) is 0.571.